The molecule has 2 aromatic rings. The Balaban J connectivity index is 1.44. The topological polar surface area (TPSA) is 23.8 Å². The minimum absolute atomic E-state index is 0.0591. The Morgan fingerprint density at radius 3 is 1.83 bits per heavy atom. The van der Waals surface area contributed by atoms with Crippen LogP contribution >= 0.6 is 11.8 Å². The molecule has 0 bridgehead atoms. The van der Waals surface area contributed by atoms with E-state index in [4.69, 9.17) is 0 Å². The first-order valence-electron chi connectivity index (χ1n) is 14.9. The first-order chi connectivity index (χ1) is 17.7. The van der Waals surface area contributed by atoms with Gasteiger partial charge in [-0.25, -0.2) is 0 Å². The highest BCUT2D eigenvalue weighted by Crippen LogP contribution is 2.46. The number of nitrogens with zero attached hydrogens (tertiary/aromatic N) is 1. The lowest BCUT2D eigenvalue weighted by atomic mass is 9.67. The fourth-order valence-corrected chi connectivity index (χ4v) is 6.66. The van der Waals surface area contributed by atoms with Crippen molar-refractivity contribution in [1.29, 1.82) is 5.26 Å². The van der Waals surface area contributed by atoms with Crippen LogP contribution in [0.5, 0.6) is 0 Å². The zero-order chi connectivity index (χ0) is 25.5. The van der Waals surface area contributed by atoms with Gasteiger partial charge in [-0.2, -0.15) is 5.26 Å². The van der Waals surface area contributed by atoms with E-state index in [2.05, 4.69) is 68.4 Å². The van der Waals surface area contributed by atoms with E-state index >= 15 is 0 Å². The van der Waals surface area contributed by atoms with Crippen molar-refractivity contribution < 1.29 is 0 Å². The van der Waals surface area contributed by atoms with Crippen molar-refractivity contribution in [3.8, 4) is 17.2 Å². The molecule has 3 rings (SSSR count). The van der Waals surface area contributed by atoms with Crippen molar-refractivity contribution in [3.05, 3.63) is 54.1 Å². The molecule has 0 N–H and O–H groups in total. The Labute approximate surface area is 226 Å². The Bertz CT molecular complexity index is 884. The summed E-state index contributed by atoms with van der Waals surface area (Å²) >= 11 is 1.99. The first kappa shape index (κ1) is 28.8. The molecule has 0 amide bonds. The second-order valence-corrected chi connectivity index (χ2v) is 12.3. The molecule has 2 aromatic carbocycles. The molecule has 0 unspecified atom stereocenters. The Kier molecular flexibility index (Phi) is 13.0. The zero-order valence-corrected chi connectivity index (χ0v) is 23.9. The average molecular weight is 504 g/mol. The van der Waals surface area contributed by atoms with Crippen LogP contribution in [-0.2, 0) is 0 Å². The molecule has 0 atom stereocenters. The van der Waals surface area contributed by atoms with Gasteiger partial charge < -0.3 is 0 Å². The lowest BCUT2D eigenvalue weighted by Gasteiger charge is -2.35. The minimum atomic E-state index is -0.0591. The molecule has 0 saturated heterocycles. The van der Waals surface area contributed by atoms with Crippen molar-refractivity contribution in [3.63, 3.8) is 0 Å². The number of benzene rings is 2. The molecular weight excluding hydrogens is 454 g/mol. The van der Waals surface area contributed by atoms with Crippen LogP contribution in [0.4, 0.5) is 0 Å². The fraction of sp³-hybridized carbons (Fsp3) is 0.618. The van der Waals surface area contributed by atoms with Crippen LogP contribution in [-0.4, -0.2) is 5.75 Å². The van der Waals surface area contributed by atoms with Crippen LogP contribution in [0, 0.1) is 16.7 Å². The number of unbranched alkanes of at least 4 members (excludes halogenated alkanes) is 9. The Morgan fingerprint density at radius 2 is 1.25 bits per heavy atom. The smallest absolute Gasteiger partial charge is 0.0689 e. The summed E-state index contributed by atoms with van der Waals surface area (Å²) in [6.07, 6.45) is 20.2. The summed E-state index contributed by atoms with van der Waals surface area (Å²) in [5, 5.41) is 9.96. The number of rotatable bonds is 16. The minimum Gasteiger partial charge on any atom is -0.198 e. The van der Waals surface area contributed by atoms with E-state index in [1.54, 1.807) is 0 Å². The van der Waals surface area contributed by atoms with Gasteiger partial charge in [0.15, 0.2) is 0 Å². The van der Waals surface area contributed by atoms with E-state index in [9.17, 15) is 5.26 Å². The van der Waals surface area contributed by atoms with E-state index < -0.39 is 0 Å². The van der Waals surface area contributed by atoms with Gasteiger partial charge in [0.25, 0.3) is 0 Å². The summed E-state index contributed by atoms with van der Waals surface area (Å²) in [6, 6.07) is 21.1. The van der Waals surface area contributed by atoms with Crippen LogP contribution in [0.1, 0.15) is 128 Å². The van der Waals surface area contributed by atoms with Gasteiger partial charge in [-0.05, 0) is 79.0 Å². The monoisotopic (exact) mass is 503 g/mol. The van der Waals surface area contributed by atoms with Gasteiger partial charge in [-0.1, -0.05) is 114 Å². The third kappa shape index (κ3) is 9.30. The van der Waals surface area contributed by atoms with Crippen molar-refractivity contribution in [2.75, 3.05) is 5.75 Å². The number of nitriles is 1. The van der Waals surface area contributed by atoms with Crippen molar-refractivity contribution >= 4 is 11.8 Å². The number of hydrogen-bond acceptors (Lipinski definition) is 2. The highest BCUT2D eigenvalue weighted by atomic mass is 32.2. The molecule has 1 saturated carbocycles. The van der Waals surface area contributed by atoms with Gasteiger partial charge in [0, 0.05) is 4.90 Å². The summed E-state index contributed by atoms with van der Waals surface area (Å²) in [5.74, 6) is 1.84. The second-order valence-electron chi connectivity index (χ2n) is 11.1. The Morgan fingerprint density at radius 1 is 0.722 bits per heavy atom. The third-order valence-electron chi connectivity index (χ3n) is 8.28. The van der Waals surface area contributed by atoms with E-state index in [0.29, 0.717) is 5.92 Å². The predicted octanol–water partition coefficient (Wildman–Crippen LogP) is 11.3. The van der Waals surface area contributed by atoms with E-state index in [0.717, 1.165) is 32.1 Å². The summed E-state index contributed by atoms with van der Waals surface area (Å²) < 4.78 is 0. The maximum absolute atomic E-state index is 9.96. The highest BCUT2D eigenvalue weighted by molar-refractivity contribution is 7.99. The van der Waals surface area contributed by atoms with Crippen LogP contribution in [0.25, 0.3) is 11.1 Å². The summed E-state index contributed by atoms with van der Waals surface area (Å²) in [5.41, 5.74) is 4.01. The molecule has 0 aromatic heterocycles. The molecular formula is C34H49NS. The molecule has 0 spiro atoms. The molecule has 0 radical (unpaired) electrons. The Hall–Kier alpha value is -1.72. The molecule has 0 heterocycles. The SMILES string of the molecule is CCCCCCCCC1(C#N)CCC(c2ccc(-c3ccc(SCCCCCCC)cc3)cc2)CC1. The summed E-state index contributed by atoms with van der Waals surface area (Å²) in [4.78, 5) is 1.38. The van der Waals surface area contributed by atoms with Crippen LogP contribution in [0.15, 0.2) is 53.4 Å². The molecule has 1 aliphatic carbocycles. The molecule has 0 aliphatic heterocycles. The summed E-state index contributed by atoms with van der Waals surface area (Å²) in [7, 11) is 0. The van der Waals surface area contributed by atoms with Crippen molar-refractivity contribution in [1.82, 2.24) is 0 Å². The van der Waals surface area contributed by atoms with Crippen LogP contribution < -0.4 is 0 Å². The average Bonchev–Trinajstić information content (AvgIpc) is 2.93. The number of hydrogen-bond donors (Lipinski definition) is 0. The van der Waals surface area contributed by atoms with Gasteiger partial charge in [0.2, 0.25) is 0 Å². The molecule has 1 aliphatic rings. The molecule has 1 fully saturated rings. The lowest BCUT2D eigenvalue weighted by molar-refractivity contribution is 0.223. The van der Waals surface area contributed by atoms with E-state index in [-0.39, 0.29) is 5.41 Å². The highest BCUT2D eigenvalue weighted by Gasteiger charge is 2.35. The van der Waals surface area contributed by atoms with Gasteiger partial charge in [-0.3, -0.25) is 0 Å². The first-order valence-corrected chi connectivity index (χ1v) is 15.9. The van der Waals surface area contributed by atoms with Crippen LogP contribution in [0.3, 0.4) is 0 Å². The van der Waals surface area contributed by atoms with Crippen molar-refractivity contribution in [2.45, 2.75) is 127 Å². The van der Waals surface area contributed by atoms with Crippen LogP contribution in [0.2, 0.25) is 0 Å². The third-order valence-corrected chi connectivity index (χ3v) is 9.37. The molecule has 196 valence electrons. The fourth-order valence-electron chi connectivity index (χ4n) is 5.75. The van der Waals surface area contributed by atoms with Gasteiger partial charge in [0.1, 0.15) is 0 Å². The molecule has 2 heteroatoms. The predicted molar refractivity (Wildman–Crippen MR) is 159 cm³/mol. The normalized spacial score (nSPS) is 19.8. The molecule has 36 heavy (non-hydrogen) atoms. The van der Waals surface area contributed by atoms with E-state index in [1.807, 2.05) is 11.8 Å². The maximum Gasteiger partial charge on any atom is 0.0689 e. The zero-order valence-electron chi connectivity index (χ0n) is 23.1. The van der Waals surface area contributed by atoms with Gasteiger partial charge >= 0.3 is 0 Å². The van der Waals surface area contributed by atoms with Crippen molar-refractivity contribution in [2.24, 2.45) is 5.41 Å². The lowest BCUT2D eigenvalue weighted by Crippen LogP contribution is -2.25. The standard InChI is InChI=1S/C34H49NS/c1-3-5-7-9-10-12-24-34(28-35)25-22-32(23-26-34)30-16-14-29(15-17-30)31-18-20-33(21-19-31)36-27-13-11-8-6-4-2/h14-21,32H,3-13,22-27H2,1-2H3. The van der Waals surface area contributed by atoms with Gasteiger partial charge in [-0.15, -0.1) is 11.8 Å². The quantitative estimate of drug-likeness (QED) is 0.168. The van der Waals surface area contributed by atoms with Gasteiger partial charge in [0.05, 0.1) is 11.5 Å². The second kappa shape index (κ2) is 16.2. The maximum atomic E-state index is 9.96. The number of thioether (sulfide) groups is 1. The molecule has 1 nitrogen and oxygen atoms in total. The van der Waals surface area contributed by atoms with E-state index in [1.165, 1.54) is 98.0 Å². The summed E-state index contributed by atoms with van der Waals surface area (Å²) in [6.45, 7) is 4.54. The largest absolute Gasteiger partial charge is 0.198 e.